The van der Waals surface area contributed by atoms with Gasteiger partial charge in [0.25, 0.3) is 5.78 Å². The number of Topliss-reactive ketones (excluding diaryl/α,β-unsaturated/α-hetero) is 1. The Bertz CT molecular complexity index is 2030. The number of methoxy groups -OCH3 is 1. The Hall–Kier alpha value is -4.84. The smallest absolute Gasteiger partial charge is 0.301 e. The summed E-state index contributed by atoms with van der Waals surface area (Å²) in [4.78, 5) is 28.8. The minimum atomic E-state index is -1.03. The fourth-order valence-electron chi connectivity index (χ4n) is 5.42. The minimum Gasteiger partial charge on any atom is -0.507 e. The lowest BCUT2D eigenvalue weighted by Gasteiger charge is -2.23. The van der Waals surface area contributed by atoms with Gasteiger partial charge in [-0.15, -0.1) is 10.2 Å². The highest BCUT2D eigenvalue weighted by Gasteiger charge is 2.48. The van der Waals surface area contributed by atoms with E-state index < -0.39 is 17.7 Å². The number of halogens is 1. The number of benzene rings is 4. The molecule has 0 radical (unpaired) electrons. The van der Waals surface area contributed by atoms with Crippen molar-refractivity contribution in [2.24, 2.45) is 0 Å². The number of ketones is 1. The summed E-state index contributed by atoms with van der Waals surface area (Å²) in [6.45, 7) is 4.67. The van der Waals surface area contributed by atoms with E-state index in [1.165, 1.54) is 35.1 Å². The highest BCUT2D eigenvalue weighted by Crippen LogP contribution is 2.46. The van der Waals surface area contributed by atoms with Gasteiger partial charge in [0.05, 0.1) is 25.3 Å². The number of ether oxygens (including phenoxy) is 3. The van der Waals surface area contributed by atoms with Gasteiger partial charge in [-0.05, 0) is 73.0 Å². The number of aryl methyl sites for hydroxylation is 1. The molecule has 9 nitrogen and oxygen atoms in total. The molecule has 1 unspecified atom stereocenters. The number of carbonyl (C=O) groups is 2. The van der Waals surface area contributed by atoms with E-state index in [0.717, 1.165) is 16.7 Å². The van der Waals surface area contributed by atoms with Crippen molar-refractivity contribution in [1.82, 2.24) is 10.2 Å². The highest BCUT2D eigenvalue weighted by atomic mass is 35.5. The average Bonchev–Trinajstić information content (AvgIpc) is 3.68. The molecule has 1 N–H and O–H groups in total. The topological polar surface area (TPSA) is 111 Å². The number of aliphatic hydroxyl groups is 1. The van der Waals surface area contributed by atoms with Gasteiger partial charge in [-0.3, -0.25) is 14.5 Å². The summed E-state index contributed by atoms with van der Waals surface area (Å²) in [5.41, 5.74) is 3.86. The largest absolute Gasteiger partial charge is 0.507 e. The van der Waals surface area contributed by atoms with Gasteiger partial charge < -0.3 is 19.3 Å². The molecule has 5 aromatic rings. The van der Waals surface area contributed by atoms with Crippen LogP contribution in [0.5, 0.6) is 17.2 Å². The third-order valence-electron chi connectivity index (χ3n) is 7.77. The van der Waals surface area contributed by atoms with Crippen LogP contribution in [-0.2, 0) is 21.9 Å². The molecule has 49 heavy (non-hydrogen) atoms. The van der Waals surface area contributed by atoms with Crippen molar-refractivity contribution in [2.75, 3.05) is 18.6 Å². The van der Waals surface area contributed by atoms with Crippen LogP contribution >= 0.6 is 34.7 Å². The van der Waals surface area contributed by atoms with Gasteiger partial charge in [-0.25, -0.2) is 0 Å². The molecule has 1 saturated heterocycles. The van der Waals surface area contributed by atoms with Crippen LogP contribution in [0.3, 0.4) is 0 Å². The van der Waals surface area contributed by atoms with Crippen molar-refractivity contribution in [3.05, 3.63) is 129 Å². The van der Waals surface area contributed by atoms with Crippen molar-refractivity contribution < 1.29 is 28.9 Å². The fraction of sp³-hybridized carbons (Fsp3) is 0.189. The molecule has 1 aromatic heterocycles. The maximum absolute atomic E-state index is 13.8. The summed E-state index contributed by atoms with van der Waals surface area (Å²) in [7, 11) is 1.51. The summed E-state index contributed by atoms with van der Waals surface area (Å²) in [5, 5.41) is 21.1. The average molecular weight is 714 g/mol. The second-order valence-electron chi connectivity index (χ2n) is 11.0. The first-order valence-electron chi connectivity index (χ1n) is 15.4. The molecule has 1 atom stereocenters. The van der Waals surface area contributed by atoms with Gasteiger partial charge in [0.1, 0.15) is 18.1 Å². The van der Waals surface area contributed by atoms with E-state index >= 15 is 0 Å². The maximum Gasteiger partial charge on any atom is 0.301 e. The molecule has 1 amide bonds. The first-order chi connectivity index (χ1) is 23.8. The normalized spacial score (nSPS) is 15.4. The molecular formula is C37H32ClN3O6S2. The first-order valence-corrected chi connectivity index (χ1v) is 17.6. The van der Waals surface area contributed by atoms with Crippen LogP contribution in [-0.4, -0.2) is 40.7 Å². The van der Waals surface area contributed by atoms with Crippen LogP contribution < -0.4 is 19.1 Å². The van der Waals surface area contributed by atoms with E-state index in [0.29, 0.717) is 56.7 Å². The number of amides is 1. The van der Waals surface area contributed by atoms with Gasteiger partial charge in [-0.2, -0.15) is 0 Å². The second-order valence-corrected chi connectivity index (χ2v) is 13.6. The van der Waals surface area contributed by atoms with Crippen LogP contribution in [0.15, 0.2) is 101 Å². The summed E-state index contributed by atoms with van der Waals surface area (Å²) in [6, 6.07) is 26.4. The minimum absolute atomic E-state index is 0.0925. The van der Waals surface area contributed by atoms with Crippen molar-refractivity contribution >= 4 is 57.3 Å². The number of carbonyl (C=O) groups excluding carboxylic acids is 2. The van der Waals surface area contributed by atoms with E-state index in [1.807, 2.05) is 62.4 Å². The van der Waals surface area contributed by atoms with Gasteiger partial charge in [-0.1, -0.05) is 88.8 Å². The summed E-state index contributed by atoms with van der Waals surface area (Å²) < 4.78 is 17.8. The molecule has 1 aliphatic rings. The molecule has 0 aliphatic carbocycles. The number of hydrogen-bond acceptors (Lipinski definition) is 10. The molecule has 4 aromatic carbocycles. The van der Waals surface area contributed by atoms with Crippen molar-refractivity contribution in [1.29, 1.82) is 0 Å². The van der Waals surface area contributed by atoms with Crippen LogP contribution in [0, 0.1) is 6.92 Å². The van der Waals surface area contributed by atoms with E-state index in [4.69, 9.17) is 25.8 Å². The Labute approximate surface area is 297 Å². The molecule has 2 heterocycles. The highest BCUT2D eigenvalue weighted by molar-refractivity contribution is 8.00. The molecule has 0 bridgehead atoms. The Morgan fingerprint density at radius 3 is 2.49 bits per heavy atom. The van der Waals surface area contributed by atoms with Gasteiger partial charge in [0.15, 0.2) is 15.8 Å². The fourth-order valence-corrected chi connectivity index (χ4v) is 7.57. The number of aromatic nitrogens is 2. The molecule has 12 heteroatoms. The number of anilines is 1. The number of hydrogen-bond donors (Lipinski definition) is 1. The third-order valence-corrected chi connectivity index (χ3v) is 10.2. The molecule has 0 saturated carbocycles. The number of thioether (sulfide) groups is 1. The van der Waals surface area contributed by atoms with Crippen LogP contribution in [0.25, 0.3) is 5.76 Å². The SMILES string of the molecule is CCOc1ccc(C2/C(=C(\O)c3ccc(OCc4cccc(C)c4)cc3)C(=O)C(=O)N2c2nnc(SCc3ccccc3Cl)s2)cc1OC. The zero-order valence-corrected chi connectivity index (χ0v) is 29.3. The van der Waals surface area contributed by atoms with Crippen LogP contribution in [0.4, 0.5) is 5.13 Å². The molecule has 250 valence electrons. The Kier molecular flexibility index (Phi) is 10.5. The van der Waals surface area contributed by atoms with E-state index in [-0.39, 0.29) is 16.5 Å². The van der Waals surface area contributed by atoms with Gasteiger partial charge in [0.2, 0.25) is 5.13 Å². The van der Waals surface area contributed by atoms with Crippen LogP contribution in [0.2, 0.25) is 5.02 Å². The van der Waals surface area contributed by atoms with E-state index in [9.17, 15) is 14.7 Å². The van der Waals surface area contributed by atoms with Crippen LogP contribution in [0.1, 0.15) is 40.8 Å². The van der Waals surface area contributed by atoms with E-state index in [1.54, 1.807) is 42.5 Å². The summed E-state index contributed by atoms with van der Waals surface area (Å²) >= 11 is 8.92. The lowest BCUT2D eigenvalue weighted by atomic mass is 9.95. The van der Waals surface area contributed by atoms with Crippen molar-refractivity contribution in [2.45, 2.75) is 36.6 Å². The monoisotopic (exact) mass is 713 g/mol. The quantitative estimate of drug-likeness (QED) is 0.0448. The standard InChI is InChI=1S/C37H32ClN3O6S2/c1-4-46-29-17-14-25(19-30(29)45-3)32-31(33(42)24-12-15-27(16-13-24)47-20-23-9-7-8-22(2)18-23)34(43)35(44)41(32)36-39-40-37(49-36)48-21-26-10-5-6-11-28(26)38/h5-19,32,42H,4,20-21H2,1-3H3/b33-31+. The number of nitrogens with zero attached hydrogens (tertiary/aromatic N) is 3. The molecule has 1 fully saturated rings. The molecule has 6 rings (SSSR count). The summed E-state index contributed by atoms with van der Waals surface area (Å²) in [5.74, 6) is 0.0160. The zero-order valence-electron chi connectivity index (χ0n) is 26.9. The predicted molar refractivity (Wildman–Crippen MR) is 192 cm³/mol. The number of aliphatic hydroxyl groups excluding tert-OH is 1. The number of rotatable bonds is 12. The van der Waals surface area contributed by atoms with Crippen molar-refractivity contribution in [3.8, 4) is 17.2 Å². The predicted octanol–water partition coefficient (Wildman–Crippen LogP) is 8.40. The lowest BCUT2D eigenvalue weighted by Crippen LogP contribution is -2.29. The molecule has 1 aliphatic heterocycles. The first kappa shape index (κ1) is 34.0. The maximum atomic E-state index is 13.8. The second kappa shape index (κ2) is 15.1. The Morgan fingerprint density at radius 1 is 0.959 bits per heavy atom. The molecular weight excluding hydrogens is 682 g/mol. The third kappa shape index (κ3) is 7.44. The zero-order chi connectivity index (χ0) is 34.5. The van der Waals surface area contributed by atoms with Crippen molar-refractivity contribution in [3.63, 3.8) is 0 Å². The van der Waals surface area contributed by atoms with E-state index in [2.05, 4.69) is 10.2 Å². The van der Waals surface area contributed by atoms with Gasteiger partial charge in [0, 0.05) is 16.3 Å². The molecule has 0 spiro atoms. The lowest BCUT2D eigenvalue weighted by molar-refractivity contribution is -0.132. The summed E-state index contributed by atoms with van der Waals surface area (Å²) in [6.07, 6.45) is 0. The van der Waals surface area contributed by atoms with Gasteiger partial charge >= 0.3 is 5.91 Å². The Morgan fingerprint density at radius 2 is 1.76 bits per heavy atom. The Balaban J connectivity index is 1.35.